The predicted octanol–water partition coefficient (Wildman–Crippen LogP) is 2.82. The van der Waals surface area contributed by atoms with E-state index < -0.39 is 18.1 Å². The van der Waals surface area contributed by atoms with E-state index in [0.717, 1.165) is 31.4 Å². The number of hydrogen-bond donors (Lipinski definition) is 3. The summed E-state index contributed by atoms with van der Waals surface area (Å²) in [4.78, 5) is 41.2. The van der Waals surface area contributed by atoms with E-state index in [4.69, 9.17) is 20.4 Å². The van der Waals surface area contributed by atoms with Crippen LogP contribution in [0.1, 0.15) is 42.1 Å². The minimum Gasteiger partial charge on any atom is -0.554 e. The molecule has 246 valence electrons. The van der Waals surface area contributed by atoms with Crippen LogP contribution in [0.2, 0.25) is 0 Å². The highest BCUT2D eigenvalue weighted by Gasteiger charge is 2.20. The third-order valence-corrected chi connectivity index (χ3v) is 7.27. The largest absolute Gasteiger partial charge is 0.554 e. The zero-order valence-corrected chi connectivity index (χ0v) is 26.3. The van der Waals surface area contributed by atoms with Crippen molar-refractivity contribution in [3.63, 3.8) is 0 Å². The number of primary amides is 1. The van der Waals surface area contributed by atoms with Gasteiger partial charge in [-0.1, -0.05) is 6.92 Å². The summed E-state index contributed by atoms with van der Waals surface area (Å²) in [7, 11) is 5.23. The number of nitrogens with one attached hydrogen (secondary N) is 2. The van der Waals surface area contributed by atoms with Crippen LogP contribution in [0.4, 0.5) is 20.3 Å². The van der Waals surface area contributed by atoms with Crippen LogP contribution in [0.15, 0.2) is 48.9 Å². The molecule has 0 saturated carbocycles. The second-order valence-electron chi connectivity index (χ2n) is 11.1. The Balaban J connectivity index is 0.00000185. The summed E-state index contributed by atoms with van der Waals surface area (Å²) in [5.41, 5.74) is 8.29. The molecule has 4 rings (SSSR count). The number of halogens is 2. The van der Waals surface area contributed by atoms with Crippen molar-refractivity contribution in [3.05, 3.63) is 71.7 Å². The lowest BCUT2D eigenvalue weighted by Gasteiger charge is -2.28. The molecule has 2 heterocycles. The molecule has 0 fully saturated rings. The molecule has 0 atom stereocenters. The number of quaternary nitrogens is 1. The number of nitrogens with zero attached hydrogens (tertiary/aromatic N) is 4. The molecular formula is C32H39F2N7O5. The van der Waals surface area contributed by atoms with E-state index >= 15 is 0 Å². The van der Waals surface area contributed by atoms with Crippen molar-refractivity contribution in [1.29, 1.82) is 0 Å². The number of rotatable bonds is 14. The highest BCUT2D eigenvalue weighted by Crippen LogP contribution is 2.31. The topological polar surface area (TPSA) is 164 Å². The van der Waals surface area contributed by atoms with E-state index in [2.05, 4.69) is 20.6 Å². The molecule has 2 aromatic heterocycles. The van der Waals surface area contributed by atoms with Gasteiger partial charge in [0, 0.05) is 42.2 Å². The molecule has 0 aliphatic rings. The predicted molar refractivity (Wildman–Crippen MR) is 167 cm³/mol. The van der Waals surface area contributed by atoms with Crippen molar-refractivity contribution >= 4 is 35.4 Å². The number of imidazole rings is 1. The fourth-order valence-corrected chi connectivity index (χ4v) is 5.06. The Morgan fingerprint density at radius 3 is 2.52 bits per heavy atom. The third-order valence-electron chi connectivity index (χ3n) is 7.27. The van der Waals surface area contributed by atoms with Gasteiger partial charge in [-0.2, -0.15) is 4.39 Å². The number of hydrogen-bond acceptors (Lipinski definition) is 8. The molecule has 0 unspecified atom stereocenters. The number of nitrogens with two attached hydrogens (primary N) is 1. The first-order valence-electron chi connectivity index (χ1n) is 14.6. The van der Waals surface area contributed by atoms with Crippen LogP contribution in [-0.4, -0.2) is 78.0 Å². The molecule has 14 heteroatoms. The Labute approximate surface area is 265 Å². The Bertz CT molecular complexity index is 1680. The van der Waals surface area contributed by atoms with Gasteiger partial charge < -0.3 is 35.5 Å². The molecule has 4 aromatic rings. The van der Waals surface area contributed by atoms with Crippen LogP contribution in [0.5, 0.6) is 5.75 Å². The molecule has 0 saturated heterocycles. The maximum Gasteiger partial charge on any atom is 0.272 e. The number of carboxylic acid groups (broad SMARTS) is 1. The number of carbonyl (C=O) groups is 3. The first-order chi connectivity index (χ1) is 22.0. The summed E-state index contributed by atoms with van der Waals surface area (Å²) in [6, 6.07) is 8.26. The fraction of sp³-hybridized carbons (Fsp3) is 0.344. The molecule has 0 aliphatic carbocycles. The summed E-state index contributed by atoms with van der Waals surface area (Å²) < 4.78 is 36.2. The van der Waals surface area contributed by atoms with Gasteiger partial charge in [0.15, 0.2) is 29.6 Å². The minimum atomic E-state index is -1.07. The number of aromatic nitrogens is 3. The molecule has 0 spiro atoms. The Morgan fingerprint density at radius 2 is 1.85 bits per heavy atom. The SMILES string of the molecule is CCc1cc(Nc2nccn3c(-c4ccc(OC)c(F)c4F)cnc23)ccc1C(=O)NCCCCC[N+](C)(C)CC(N)=O.O=C[O-]. The van der Waals surface area contributed by atoms with Crippen LogP contribution in [0.3, 0.4) is 0 Å². The highest BCUT2D eigenvalue weighted by molar-refractivity contribution is 5.96. The molecule has 46 heavy (non-hydrogen) atoms. The van der Waals surface area contributed by atoms with Gasteiger partial charge in [-0.15, -0.1) is 0 Å². The fourth-order valence-electron chi connectivity index (χ4n) is 5.06. The van der Waals surface area contributed by atoms with E-state index in [-0.39, 0.29) is 23.1 Å². The average molecular weight is 640 g/mol. The van der Waals surface area contributed by atoms with Gasteiger partial charge in [-0.25, -0.2) is 14.4 Å². The number of fused-ring (bicyclic) bond motifs is 1. The summed E-state index contributed by atoms with van der Waals surface area (Å²) in [5, 5.41) is 14.5. The van der Waals surface area contributed by atoms with Gasteiger partial charge in [-0.3, -0.25) is 14.0 Å². The quantitative estimate of drug-likeness (QED) is 0.108. The Hall–Kier alpha value is -5.11. The van der Waals surface area contributed by atoms with E-state index in [1.807, 2.05) is 27.1 Å². The minimum absolute atomic E-state index is 0.0395. The maximum absolute atomic E-state index is 14.8. The highest BCUT2D eigenvalue weighted by atomic mass is 19.2. The molecule has 4 N–H and O–H groups in total. The lowest BCUT2D eigenvalue weighted by Crippen LogP contribution is -2.46. The smallest absolute Gasteiger partial charge is 0.272 e. The molecule has 0 bridgehead atoms. The van der Waals surface area contributed by atoms with E-state index in [0.29, 0.717) is 52.4 Å². The number of aryl methyl sites for hydroxylation is 1. The summed E-state index contributed by atoms with van der Waals surface area (Å²) in [6.07, 6.45) is 7.95. The maximum atomic E-state index is 14.8. The second-order valence-corrected chi connectivity index (χ2v) is 11.1. The zero-order valence-electron chi connectivity index (χ0n) is 26.3. The van der Waals surface area contributed by atoms with Gasteiger partial charge in [0.05, 0.1) is 39.6 Å². The third kappa shape index (κ3) is 8.97. The number of amides is 2. The van der Waals surface area contributed by atoms with Crippen molar-refractivity contribution in [1.82, 2.24) is 19.7 Å². The van der Waals surface area contributed by atoms with Crippen molar-refractivity contribution in [2.75, 3.05) is 46.2 Å². The number of carbonyl (C=O) groups excluding carboxylic acids is 3. The molecular weight excluding hydrogens is 600 g/mol. The Kier molecular flexibility index (Phi) is 12.5. The molecule has 0 aliphatic heterocycles. The van der Waals surface area contributed by atoms with Crippen molar-refractivity contribution in [2.24, 2.45) is 5.73 Å². The average Bonchev–Trinajstić information content (AvgIpc) is 3.44. The van der Waals surface area contributed by atoms with Crippen LogP contribution in [-0.2, 0) is 16.0 Å². The zero-order chi connectivity index (χ0) is 33.9. The van der Waals surface area contributed by atoms with Gasteiger partial charge in [0.25, 0.3) is 11.8 Å². The van der Waals surface area contributed by atoms with Crippen molar-refractivity contribution in [3.8, 4) is 17.0 Å². The summed E-state index contributed by atoms with van der Waals surface area (Å²) in [6.45, 7) is 3.17. The second kappa shape index (κ2) is 16.3. The summed E-state index contributed by atoms with van der Waals surface area (Å²) >= 11 is 0. The molecule has 0 radical (unpaired) electrons. The van der Waals surface area contributed by atoms with Crippen molar-refractivity contribution in [2.45, 2.75) is 32.6 Å². The van der Waals surface area contributed by atoms with Crippen LogP contribution in [0.25, 0.3) is 16.9 Å². The summed E-state index contributed by atoms with van der Waals surface area (Å²) in [5.74, 6) is -2.31. The van der Waals surface area contributed by atoms with Gasteiger partial charge in [-0.05, 0) is 61.6 Å². The normalized spacial score (nSPS) is 11.0. The lowest BCUT2D eigenvalue weighted by atomic mass is 10.0. The van der Waals surface area contributed by atoms with E-state index in [1.54, 1.807) is 28.9 Å². The monoisotopic (exact) mass is 639 g/mol. The van der Waals surface area contributed by atoms with Crippen LogP contribution in [0, 0.1) is 11.6 Å². The Morgan fingerprint density at radius 1 is 1.11 bits per heavy atom. The number of likely N-dealkylation sites (N-methyl/N-ethyl adjacent to an activating group) is 1. The van der Waals surface area contributed by atoms with E-state index in [1.165, 1.54) is 25.4 Å². The number of anilines is 2. The first-order valence-corrected chi connectivity index (χ1v) is 14.6. The van der Waals surface area contributed by atoms with Gasteiger partial charge >= 0.3 is 0 Å². The molecule has 2 aromatic carbocycles. The molecule has 2 amide bonds. The standard InChI is InChI=1S/C31H37F2N7O3.CH2O2/c1-5-20-17-21(9-10-22(20)31(42)36-13-7-6-8-16-40(2,3)19-26(34)41)38-29-30-37-18-24(39(30)15-14-35-29)23-11-12-25(43-4)28(33)27(23)32;2-1-3/h9-12,14-15,17-18H,5-8,13,16,19H2,1-4H3,(H3-,34,35,36,38,41,42);1H,(H,2,3). The van der Waals surface area contributed by atoms with Crippen LogP contribution < -0.4 is 26.2 Å². The number of ether oxygens (including phenoxy) is 1. The number of methoxy groups -OCH3 is 1. The first kappa shape index (κ1) is 35.4. The number of benzene rings is 2. The van der Waals surface area contributed by atoms with Crippen LogP contribution >= 0.6 is 0 Å². The molecule has 12 nitrogen and oxygen atoms in total. The van der Waals surface area contributed by atoms with Gasteiger partial charge in [0.1, 0.15) is 0 Å². The van der Waals surface area contributed by atoms with Gasteiger partial charge in [0.2, 0.25) is 5.82 Å². The van der Waals surface area contributed by atoms with E-state index in [9.17, 15) is 18.4 Å². The number of unbranched alkanes of at least 4 members (excludes halogenated alkanes) is 2. The van der Waals surface area contributed by atoms with Crippen molar-refractivity contribution < 1.29 is 37.5 Å². The lowest BCUT2D eigenvalue weighted by molar-refractivity contribution is -0.882.